The number of aromatic hydroxyl groups is 2. The maximum absolute atomic E-state index is 12.1. The van der Waals surface area contributed by atoms with Gasteiger partial charge < -0.3 is 10.2 Å². The van der Waals surface area contributed by atoms with Crippen LogP contribution in [0.1, 0.15) is 11.1 Å². The number of phenols is 2. The third-order valence-corrected chi connectivity index (χ3v) is 11.9. The Morgan fingerprint density at radius 2 is 1.16 bits per heavy atom. The molecule has 0 aliphatic rings. The van der Waals surface area contributed by atoms with E-state index in [9.17, 15) is 36.2 Å². The van der Waals surface area contributed by atoms with E-state index in [2.05, 4.69) is 40.9 Å². The van der Waals surface area contributed by atoms with Gasteiger partial charge in [0.05, 0.1) is 33.3 Å². The zero-order chi connectivity index (χ0) is 44.2. The molecule has 1 heterocycles. The van der Waals surface area contributed by atoms with Crippen LogP contribution in [0.2, 0.25) is 0 Å². The molecule has 9 rings (SSSR count). The normalized spacial score (nSPS) is 12.4. The van der Waals surface area contributed by atoms with E-state index in [1.165, 1.54) is 29.1 Å². The van der Waals surface area contributed by atoms with Crippen LogP contribution in [0.3, 0.4) is 0 Å². The fourth-order valence-electron chi connectivity index (χ4n) is 6.97. The first-order valence-corrected chi connectivity index (χ1v) is 21.7. The van der Waals surface area contributed by atoms with Gasteiger partial charge in [-0.25, -0.2) is 0 Å². The summed E-state index contributed by atoms with van der Waals surface area (Å²) in [6.45, 7) is 3.69. The second kappa shape index (κ2) is 16.8. The van der Waals surface area contributed by atoms with Crippen molar-refractivity contribution in [3.63, 3.8) is 0 Å². The minimum atomic E-state index is -4.90. The average Bonchev–Trinajstić information content (AvgIpc) is 3.70. The van der Waals surface area contributed by atoms with E-state index in [1.807, 2.05) is 61.5 Å². The molecule has 0 spiro atoms. The van der Waals surface area contributed by atoms with Crippen LogP contribution in [-0.2, 0) is 37.3 Å². The van der Waals surface area contributed by atoms with Crippen LogP contribution in [0.15, 0.2) is 168 Å². The molecule has 1 radical (unpaired) electrons. The Morgan fingerprint density at radius 1 is 0.516 bits per heavy atom. The second-order valence-electron chi connectivity index (χ2n) is 14.5. The van der Waals surface area contributed by atoms with Crippen molar-refractivity contribution < 1.29 is 53.2 Å². The number of rotatable bonds is 9. The van der Waals surface area contributed by atoms with Crippen molar-refractivity contribution in [3.05, 3.63) is 139 Å². The zero-order valence-corrected chi connectivity index (χ0v) is 35.8. The van der Waals surface area contributed by atoms with Crippen molar-refractivity contribution >= 4 is 97.7 Å². The Labute approximate surface area is 374 Å². The molecule has 4 N–H and O–H groups in total. The summed E-state index contributed by atoms with van der Waals surface area (Å²) in [5.41, 5.74) is 4.94. The Hall–Kier alpha value is -7.32. The summed E-state index contributed by atoms with van der Waals surface area (Å²) >= 11 is 0. The topological polar surface area (TPSA) is 254 Å². The average molecular weight is 941 g/mol. The van der Waals surface area contributed by atoms with Crippen molar-refractivity contribution in [2.75, 3.05) is 0 Å². The predicted octanol–water partition coefficient (Wildman–Crippen LogP) is 11.6. The minimum absolute atomic E-state index is 0. The van der Waals surface area contributed by atoms with Gasteiger partial charge in [-0.2, -0.15) is 42.1 Å². The maximum atomic E-state index is 12.1. The number of benzene rings is 8. The fourth-order valence-corrected chi connectivity index (χ4v) is 8.31. The van der Waals surface area contributed by atoms with Crippen molar-refractivity contribution in [2.24, 2.45) is 30.7 Å². The predicted molar refractivity (Wildman–Crippen MR) is 236 cm³/mol. The number of phenolic OH excluding ortho intramolecular Hbond substituents is 2. The summed E-state index contributed by atoms with van der Waals surface area (Å²) in [6.07, 6.45) is 0. The van der Waals surface area contributed by atoms with E-state index in [0.717, 1.165) is 28.1 Å². The molecule has 0 saturated carbocycles. The number of hydrogen-bond acceptors (Lipinski definition) is 14. The summed E-state index contributed by atoms with van der Waals surface area (Å²) in [5, 5.41) is 60.0. The maximum Gasteiger partial charge on any atom is 0.295 e. The van der Waals surface area contributed by atoms with Crippen molar-refractivity contribution in [1.82, 2.24) is 15.0 Å². The van der Waals surface area contributed by atoms with Gasteiger partial charge in [-0.15, -0.1) is 20.4 Å². The molecule has 0 aliphatic heterocycles. The van der Waals surface area contributed by atoms with Crippen LogP contribution in [0.25, 0.3) is 49.0 Å². The van der Waals surface area contributed by atoms with Crippen LogP contribution in [0.4, 0.5) is 34.1 Å². The monoisotopic (exact) mass is 940 g/mol. The van der Waals surface area contributed by atoms with Crippen LogP contribution >= 0.6 is 0 Å². The first-order valence-electron chi connectivity index (χ1n) is 18.8. The molecule has 17 nitrogen and oxygen atoms in total. The van der Waals surface area contributed by atoms with Gasteiger partial charge in [0.15, 0.2) is 5.75 Å². The number of hydrogen-bond donors (Lipinski definition) is 4. The third-order valence-electron chi connectivity index (χ3n) is 10.2. The van der Waals surface area contributed by atoms with Crippen molar-refractivity contribution in [1.29, 1.82) is 0 Å². The summed E-state index contributed by atoms with van der Waals surface area (Å²) in [5.74, 6) is -0.403. The van der Waals surface area contributed by atoms with Gasteiger partial charge in [0.1, 0.15) is 33.1 Å². The van der Waals surface area contributed by atoms with Crippen LogP contribution in [-0.4, -0.2) is 51.1 Å². The zero-order valence-electron chi connectivity index (χ0n) is 33.2. The Kier molecular flexibility index (Phi) is 11.3. The largest absolute Gasteiger partial charge is 0.506 e. The SMILES string of the molecule is Cc1cc(N=Nc2cc(O)c(N=Nc3ccc4cc(-n5nc6ccc7c(S(=O)(=O)O)cc(S(=O)(=O)O)cc7c6n5)ccc4c3O)cc2C)ccc1N=Nc1ccc2ccccc2c1.[Cu]. The van der Waals surface area contributed by atoms with Gasteiger partial charge in [-0.05, 0) is 120 Å². The molecule has 323 valence electrons. The Morgan fingerprint density at radius 3 is 1.91 bits per heavy atom. The second-order valence-corrected chi connectivity index (χ2v) is 17.3. The van der Waals surface area contributed by atoms with Gasteiger partial charge in [0, 0.05) is 39.3 Å². The molecule has 0 fully saturated rings. The molecule has 20 heteroatoms. The van der Waals surface area contributed by atoms with Crippen LogP contribution < -0.4 is 0 Å². The van der Waals surface area contributed by atoms with E-state index in [0.29, 0.717) is 45.2 Å². The molecule has 0 saturated heterocycles. The molecule has 8 aromatic carbocycles. The van der Waals surface area contributed by atoms with E-state index in [1.54, 1.807) is 43.3 Å². The number of aryl methyl sites for hydroxylation is 2. The molecule has 0 bridgehead atoms. The molecule has 1 aromatic heterocycles. The third kappa shape index (κ3) is 8.56. The summed E-state index contributed by atoms with van der Waals surface area (Å²) in [7, 11) is -9.77. The first-order chi connectivity index (χ1) is 30.1. The molecule has 0 atom stereocenters. The number of nitrogens with zero attached hydrogens (tertiary/aromatic N) is 9. The van der Waals surface area contributed by atoms with E-state index < -0.39 is 30.0 Å². The van der Waals surface area contributed by atoms with Gasteiger partial charge in [-0.1, -0.05) is 42.5 Å². The molecular formula is C44H31CuN9O8S2. The number of fused-ring (bicyclic) bond motifs is 5. The van der Waals surface area contributed by atoms with Crippen LogP contribution in [0, 0.1) is 13.8 Å². The number of azo groups is 3. The molecule has 9 aromatic rings. The Bertz CT molecular complexity index is 3710. The number of aromatic nitrogens is 3. The first kappa shape index (κ1) is 43.3. The molecule has 64 heavy (non-hydrogen) atoms. The fraction of sp³-hybridized carbons (Fsp3) is 0.0455. The van der Waals surface area contributed by atoms with Gasteiger partial charge in [0.2, 0.25) is 0 Å². The van der Waals surface area contributed by atoms with Gasteiger partial charge >= 0.3 is 0 Å². The quantitative estimate of drug-likeness (QED) is 0.0604. The molecule has 0 aliphatic carbocycles. The molecule has 0 unspecified atom stereocenters. The van der Waals surface area contributed by atoms with Gasteiger partial charge in [-0.3, -0.25) is 9.11 Å². The Balaban J connectivity index is 0.00000560. The van der Waals surface area contributed by atoms with Crippen molar-refractivity contribution in [3.8, 4) is 17.2 Å². The summed E-state index contributed by atoms with van der Waals surface area (Å²) in [4.78, 5) is -0.252. The summed E-state index contributed by atoms with van der Waals surface area (Å²) in [6, 6.07) is 35.0. The van der Waals surface area contributed by atoms with E-state index >= 15 is 0 Å². The molecular weight excluding hydrogens is 910 g/mol. The molecule has 0 amide bonds. The smallest absolute Gasteiger partial charge is 0.295 e. The van der Waals surface area contributed by atoms with E-state index in [4.69, 9.17) is 0 Å². The van der Waals surface area contributed by atoms with Crippen LogP contribution in [0.5, 0.6) is 11.5 Å². The van der Waals surface area contributed by atoms with Crippen molar-refractivity contribution in [2.45, 2.75) is 23.6 Å². The van der Waals surface area contributed by atoms with Gasteiger partial charge in [0.25, 0.3) is 20.2 Å². The van der Waals surface area contributed by atoms with E-state index in [-0.39, 0.29) is 61.7 Å². The summed E-state index contributed by atoms with van der Waals surface area (Å²) < 4.78 is 67.7. The minimum Gasteiger partial charge on any atom is -0.506 e. The standard InChI is InChI=1S/C44H31N9O8S2.Cu/c1-24-17-29(10-15-36(24)47-46-30-9-7-26-5-3-4-6-27(26)19-30)45-49-39-23-41(54)40(18-25(39)2)50-48-38-14-8-28-20-31(11-12-33(28)44(38)55)53-51-37-16-13-34-35(43(37)52-53)21-32(62(56,57)58)22-42(34)63(59,60)61;/h3-23,54-55H,1-2H3,(H,56,57,58)(H,59,60,61);.